The summed E-state index contributed by atoms with van der Waals surface area (Å²) in [5, 5.41) is 7.42. The summed E-state index contributed by atoms with van der Waals surface area (Å²) in [6, 6.07) is 73.1. The van der Waals surface area contributed by atoms with Crippen LogP contribution in [0.1, 0.15) is 61.1 Å². The van der Waals surface area contributed by atoms with Crippen molar-refractivity contribution in [3.05, 3.63) is 228 Å². The maximum Gasteiger partial charge on any atom is 0.0502 e. The molecule has 2 heteroatoms. The molecule has 308 valence electrons. The van der Waals surface area contributed by atoms with Crippen LogP contribution in [-0.4, -0.2) is 0 Å². The molecule has 0 bridgehead atoms. The van der Waals surface area contributed by atoms with Gasteiger partial charge in [-0.05, 0) is 150 Å². The molecule has 0 N–H and O–H groups in total. The molecule has 2 aliphatic heterocycles. The SMILES string of the molecule is Cc1ccc(-c2c3cc(N4c5ccccc5C(C)(C)c5ccccc54)ccc3c(-c3cccc4ccccc34)c3cc(N4c5ccccc5C(C)(C)c5ccccc54)ccc23)cc1C. The summed E-state index contributed by atoms with van der Waals surface area (Å²) in [5.41, 5.74) is 19.8. The van der Waals surface area contributed by atoms with E-state index in [1.54, 1.807) is 0 Å². The third kappa shape index (κ3) is 5.51. The van der Waals surface area contributed by atoms with Gasteiger partial charge in [-0.3, -0.25) is 0 Å². The van der Waals surface area contributed by atoms with Crippen LogP contribution in [0.15, 0.2) is 194 Å². The van der Waals surface area contributed by atoms with Crippen molar-refractivity contribution in [3.8, 4) is 22.3 Å². The van der Waals surface area contributed by atoms with E-state index in [1.807, 2.05) is 0 Å². The van der Waals surface area contributed by atoms with Crippen LogP contribution in [0, 0.1) is 13.8 Å². The Morgan fingerprint density at radius 3 is 1.28 bits per heavy atom. The van der Waals surface area contributed by atoms with Crippen molar-refractivity contribution in [2.45, 2.75) is 52.4 Å². The van der Waals surface area contributed by atoms with E-state index < -0.39 is 0 Å². The average molecular weight is 823 g/mol. The fourth-order valence-corrected chi connectivity index (χ4v) is 11.3. The Hall–Kier alpha value is -7.42. The van der Waals surface area contributed by atoms with Crippen molar-refractivity contribution < 1.29 is 0 Å². The first kappa shape index (κ1) is 38.3. The standard InChI is InChI=1S/C62H50N2/c1-39-30-31-42(36-40(39)2)59-47-34-32-44(64-57-28-15-11-24-53(57)62(5,6)54-25-12-16-29-58(54)64)38-50(47)60(46-21-17-19-41-18-7-8-20-45(41)46)48-35-33-43(37-49(48)59)63-55-26-13-9-22-51(55)61(3,4)52-23-10-14-27-56(52)63/h7-38H,1-6H3. The molecule has 2 nitrogen and oxygen atoms in total. The van der Waals surface area contributed by atoms with Crippen molar-refractivity contribution >= 4 is 66.4 Å². The lowest BCUT2D eigenvalue weighted by molar-refractivity contribution is 0.632. The molecule has 0 aromatic heterocycles. The zero-order chi connectivity index (χ0) is 43.5. The molecule has 0 unspecified atom stereocenters. The molecule has 2 aliphatic rings. The molecule has 0 spiro atoms. The van der Waals surface area contributed by atoms with E-state index in [9.17, 15) is 0 Å². The third-order valence-electron chi connectivity index (χ3n) is 14.7. The molecule has 2 heterocycles. The average Bonchev–Trinajstić information content (AvgIpc) is 3.32. The monoisotopic (exact) mass is 822 g/mol. The Kier molecular flexibility index (Phi) is 8.40. The van der Waals surface area contributed by atoms with Crippen LogP contribution >= 0.6 is 0 Å². The zero-order valence-electron chi connectivity index (χ0n) is 37.4. The van der Waals surface area contributed by atoms with Crippen LogP contribution in [0.25, 0.3) is 54.6 Å². The lowest BCUT2D eigenvalue weighted by Gasteiger charge is -2.42. The molecule has 0 saturated carbocycles. The van der Waals surface area contributed by atoms with Gasteiger partial charge in [0.15, 0.2) is 0 Å². The minimum absolute atomic E-state index is 0.147. The summed E-state index contributed by atoms with van der Waals surface area (Å²) in [6.45, 7) is 13.9. The van der Waals surface area contributed by atoms with Crippen molar-refractivity contribution in [1.29, 1.82) is 0 Å². The molecule has 10 aromatic rings. The van der Waals surface area contributed by atoms with E-state index in [-0.39, 0.29) is 10.8 Å². The number of fused-ring (bicyclic) bond motifs is 7. The van der Waals surface area contributed by atoms with Crippen molar-refractivity contribution in [2.24, 2.45) is 0 Å². The molecule has 0 atom stereocenters. The highest BCUT2D eigenvalue weighted by Gasteiger charge is 2.38. The Labute approximate surface area is 376 Å². The number of para-hydroxylation sites is 4. The van der Waals surface area contributed by atoms with E-state index in [0.717, 1.165) is 11.4 Å². The number of aryl methyl sites for hydroxylation is 2. The highest BCUT2D eigenvalue weighted by atomic mass is 15.2. The predicted molar refractivity (Wildman–Crippen MR) is 273 cm³/mol. The summed E-state index contributed by atoms with van der Waals surface area (Å²) >= 11 is 0. The van der Waals surface area contributed by atoms with Crippen molar-refractivity contribution in [3.63, 3.8) is 0 Å². The number of rotatable bonds is 4. The smallest absolute Gasteiger partial charge is 0.0502 e. The fraction of sp³-hybridized carbons (Fsp3) is 0.129. The quantitative estimate of drug-likeness (QED) is 0.163. The normalized spacial score (nSPS) is 14.6. The number of nitrogens with zero attached hydrogens (tertiary/aromatic N) is 2. The lowest BCUT2D eigenvalue weighted by Crippen LogP contribution is -2.30. The molecule has 0 radical (unpaired) electrons. The maximum atomic E-state index is 2.50. The van der Waals surface area contributed by atoms with Crippen molar-refractivity contribution in [2.75, 3.05) is 9.80 Å². The molecule has 64 heavy (non-hydrogen) atoms. The predicted octanol–water partition coefficient (Wildman–Crippen LogP) is 17.3. The van der Waals surface area contributed by atoms with Crippen LogP contribution in [-0.2, 0) is 10.8 Å². The summed E-state index contributed by atoms with van der Waals surface area (Å²) in [4.78, 5) is 5.00. The van der Waals surface area contributed by atoms with Crippen LogP contribution in [0.4, 0.5) is 34.1 Å². The van der Waals surface area contributed by atoms with Crippen molar-refractivity contribution in [1.82, 2.24) is 0 Å². The first-order valence-electron chi connectivity index (χ1n) is 22.7. The van der Waals surface area contributed by atoms with Gasteiger partial charge in [0.2, 0.25) is 0 Å². The third-order valence-corrected chi connectivity index (χ3v) is 14.7. The Morgan fingerprint density at radius 1 is 0.328 bits per heavy atom. The Bertz CT molecular complexity index is 3450. The number of anilines is 6. The second-order valence-corrected chi connectivity index (χ2v) is 19.0. The topological polar surface area (TPSA) is 6.48 Å². The van der Waals surface area contributed by atoms with Gasteiger partial charge in [-0.25, -0.2) is 0 Å². The van der Waals surface area contributed by atoms with Gasteiger partial charge in [-0.2, -0.15) is 0 Å². The van der Waals surface area contributed by atoms with Crippen LogP contribution in [0.3, 0.4) is 0 Å². The van der Waals surface area contributed by atoms with E-state index >= 15 is 0 Å². The van der Waals surface area contributed by atoms with Gasteiger partial charge in [0.25, 0.3) is 0 Å². The van der Waals surface area contributed by atoms with E-state index in [0.29, 0.717) is 0 Å². The number of hydrogen-bond acceptors (Lipinski definition) is 2. The zero-order valence-corrected chi connectivity index (χ0v) is 37.4. The van der Waals surface area contributed by atoms with Gasteiger partial charge in [-0.1, -0.05) is 173 Å². The van der Waals surface area contributed by atoms with Crippen LogP contribution in [0.2, 0.25) is 0 Å². The van der Waals surface area contributed by atoms with E-state index in [2.05, 4.69) is 245 Å². The number of benzene rings is 10. The van der Waals surface area contributed by atoms with Gasteiger partial charge in [0.1, 0.15) is 0 Å². The van der Waals surface area contributed by atoms with Gasteiger partial charge >= 0.3 is 0 Å². The minimum Gasteiger partial charge on any atom is -0.310 e. The van der Waals surface area contributed by atoms with E-state index in [1.165, 1.54) is 111 Å². The Balaban J connectivity index is 1.21. The second-order valence-electron chi connectivity index (χ2n) is 19.0. The summed E-state index contributed by atoms with van der Waals surface area (Å²) in [7, 11) is 0. The Morgan fingerprint density at radius 2 is 0.766 bits per heavy atom. The first-order valence-corrected chi connectivity index (χ1v) is 22.7. The lowest BCUT2D eigenvalue weighted by atomic mass is 9.73. The molecule has 0 aliphatic carbocycles. The molecular weight excluding hydrogens is 773 g/mol. The largest absolute Gasteiger partial charge is 0.310 e. The van der Waals surface area contributed by atoms with Crippen LogP contribution < -0.4 is 9.80 Å². The molecule has 0 amide bonds. The first-order chi connectivity index (χ1) is 31.1. The van der Waals surface area contributed by atoms with Gasteiger partial charge in [-0.15, -0.1) is 0 Å². The summed E-state index contributed by atoms with van der Waals surface area (Å²) in [5.74, 6) is 0. The van der Waals surface area contributed by atoms with Gasteiger partial charge < -0.3 is 9.80 Å². The fourth-order valence-electron chi connectivity index (χ4n) is 11.3. The summed E-state index contributed by atoms with van der Waals surface area (Å²) < 4.78 is 0. The summed E-state index contributed by atoms with van der Waals surface area (Å²) in [6.07, 6.45) is 0. The molecule has 12 rings (SSSR count). The molecule has 0 saturated heterocycles. The maximum absolute atomic E-state index is 2.50. The van der Waals surface area contributed by atoms with Crippen LogP contribution in [0.5, 0.6) is 0 Å². The van der Waals surface area contributed by atoms with Gasteiger partial charge in [0, 0.05) is 22.2 Å². The highest BCUT2D eigenvalue weighted by Crippen LogP contribution is 2.56. The molecule has 10 aromatic carbocycles. The second kappa shape index (κ2) is 14.0. The molecule has 0 fully saturated rings. The number of hydrogen-bond donors (Lipinski definition) is 0. The minimum atomic E-state index is -0.149. The highest BCUT2D eigenvalue weighted by molar-refractivity contribution is 6.24. The van der Waals surface area contributed by atoms with E-state index in [4.69, 9.17) is 0 Å². The van der Waals surface area contributed by atoms with Gasteiger partial charge in [0.05, 0.1) is 22.7 Å². The molecular formula is C62H50N2.